The number of Topliss-reactive ketones (excluding diaryl/α,β-unsaturated/α-hetero) is 1. The number of halogens is 4. The standard InChI is InChI=1S/C15H16BrF3O/c16-13-6-1-3-10(7-13)8-14(20)11-4-2-5-12(9-11)15(17,18)19/h1,3,6-7,11-12H,2,4-5,8-9H2. The number of carbonyl (C=O) groups excluding carboxylic acids is 1. The lowest BCUT2D eigenvalue weighted by molar-refractivity contribution is -0.186. The van der Waals surface area contributed by atoms with Crippen molar-refractivity contribution in [3.05, 3.63) is 34.3 Å². The Labute approximate surface area is 124 Å². The van der Waals surface area contributed by atoms with Gasteiger partial charge in [0.25, 0.3) is 0 Å². The molecule has 0 aromatic heterocycles. The summed E-state index contributed by atoms with van der Waals surface area (Å²) in [4.78, 5) is 12.2. The van der Waals surface area contributed by atoms with Crippen molar-refractivity contribution in [3.63, 3.8) is 0 Å². The van der Waals surface area contributed by atoms with Gasteiger partial charge in [-0.15, -0.1) is 0 Å². The summed E-state index contributed by atoms with van der Waals surface area (Å²) < 4.78 is 39.1. The number of hydrogen-bond donors (Lipinski definition) is 0. The molecule has 0 saturated heterocycles. The van der Waals surface area contributed by atoms with Gasteiger partial charge in [-0.1, -0.05) is 34.5 Å². The Morgan fingerprint density at radius 3 is 2.70 bits per heavy atom. The summed E-state index contributed by atoms with van der Waals surface area (Å²) in [5.74, 6) is -1.83. The molecule has 1 aromatic carbocycles. The summed E-state index contributed by atoms with van der Waals surface area (Å²) >= 11 is 3.32. The SMILES string of the molecule is O=C(Cc1cccc(Br)c1)C1CCCC(C(F)(F)F)C1. The molecule has 0 heterocycles. The van der Waals surface area contributed by atoms with Crippen LogP contribution in [0.15, 0.2) is 28.7 Å². The van der Waals surface area contributed by atoms with Crippen LogP contribution in [0, 0.1) is 11.8 Å². The topological polar surface area (TPSA) is 17.1 Å². The Balaban J connectivity index is 1.99. The van der Waals surface area contributed by atoms with E-state index in [1.54, 1.807) is 0 Å². The van der Waals surface area contributed by atoms with Gasteiger partial charge in [0, 0.05) is 16.8 Å². The molecule has 0 bridgehead atoms. The van der Waals surface area contributed by atoms with E-state index in [1.807, 2.05) is 24.3 Å². The molecule has 5 heteroatoms. The van der Waals surface area contributed by atoms with Crippen LogP contribution in [-0.4, -0.2) is 12.0 Å². The molecule has 1 aliphatic rings. The largest absolute Gasteiger partial charge is 0.391 e. The molecule has 2 unspecified atom stereocenters. The fourth-order valence-corrected chi connectivity index (χ4v) is 3.22. The molecular formula is C15H16BrF3O. The number of carbonyl (C=O) groups is 1. The van der Waals surface area contributed by atoms with Gasteiger partial charge < -0.3 is 0 Å². The first kappa shape index (κ1) is 15.5. The number of benzene rings is 1. The molecule has 1 aromatic rings. The molecule has 0 aliphatic heterocycles. The maximum absolute atomic E-state index is 12.7. The van der Waals surface area contributed by atoms with Crippen LogP contribution in [-0.2, 0) is 11.2 Å². The minimum Gasteiger partial charge on any atom is -0.299 e. The van der Waals surface area contributed by atoms with Crippen LogP contribution in [0.4, 0.5) is 13.2 Å². The molecule has 1 aliphatic carbocycles. The van der Waals surface area contributed by atoms with Crippen LogP contribution in [0.5, 0.6) is 0 Å². The van der Waals surface area contributed by atoms with Crippen molar-refractivity contribution >= 4 is 21.7 Å². The molecule has 0 radical (unpaired) electrons. The summed E-state index contributed by atoms with van der Waals surface area (Å²) in [7, 11) is 0. The first-order valence-corrected chi connectivity index (χ1v) is 7.49. The minimum atomic E-state index is -4.17. The molecule has 20 heavy (non-hydrogen) atoms. The van der Waals surface area contributed by atoms with Gasteiger partial charge in [0.15, 0.2) is 0 Å². The van der Waals surface area contributed by atoms with E-state index < -0.39 is 18.0 Å². The van der Waals surface area contributed by atoms with Crippen LogP contribution < -0.4 is 0 Å². The van der Waals surface area contributed by atoms with Gasteiger partial charge >= 0.3 is 6.18 Å². The van der Waals surface area contributed by atoms with E-state index in [1.165, 1.54) is 0 Å². The zero-order valence-electron chi connectivity index (χ0n) is 10.9. The maximum Gasteiger partial charge on any atom is 0.391 e. The third-order valence-corrected chi connectivity index (χ3v) is 4.35. The quantitative estimate of drug-likeness (QED) is 0.756. The smallest absolute Gasteiger partial charge is 0.299 e. The molecule has 1 nitrogen and oxygen atoms in total. The second-order valence-electron chi connectivity index (χ2n) is 5.38. The third-order valence-electron chi connectivity index (χ3n) is 3.86. The highest BCUT2D eigenvalue weighted by molar-refractivity contribution is 9.10. The molecule has 0 N–H and O–H groups in total. The lowest BCUT2D eigenvalue weighted by Crippen LogP contribution is -2.32. The van der Waals surface area contributed by atoms with Gasteiger partial charge in [-0.05, 0) is 37.0 Å². The number of hydrogen-bond acceptors (Lipinski definition) is 1. The lowest BCUT2D eigenvalue weighted by atomic mass is 9.78. The van der Waals surface area contributed by atoms with Gasteiger partial charge in [-0.25, -0.2) is 0 Å². The average Bonchev–Trinajstić information content (AvgIpc) is 2.38. The highest BCUT2D eigenvalue weighted by atomic mass is 79.9. The first-order chi connectivity index (χ1) is 9.36. The van der Waals surface area contributed by atoms with Crippen molar-refractivity contribution in [2.24, 2.45) is 11.8 Å². The van der Waals surface area contributed by atoms with Crippen molar-refractivity contribution in [2.45, 2.75) is 38.3 Å². The van der Waals surface area contributed by atoms with E-state index in [9.17, 15) is 18.0 Å². The van der Waals surface area contributed by atoms with Crippen LogP contribution in [0.2, 0.25) is 0 Å². The van der Waals surface area contributed by atoms with E-state index in [4.69, 9.17) is 0 Å². The van der Waals surface area contributed by atoms with Crippen LogP contribution in [0.25, 0.3) is 0 Å². The van der Waals surface area contributed by atoms with Crippen LogP contribution in [0.3, 0.4) is 0 Å². The molecule has 0 spiro atoms. The molecule has 2 atom stereocenters. The average molecular weight is 349 g/mol. The van der Waals surface area contributed by atoms with Crippen molar-refractivity contribution < 1.29 is 18.0 Å². The first-order valence-electron chi connectivity index (χ1n) is 6.70. The molecule has 2 rings (SSSR count). The second-order valence-corrected chi connectivity index (χ2v) is 6.29. The fraction of sp³-hybridized carbons (Fsp3) is 0.533. The van der Waals surface area contributed by atoms with Crippen LogP contribution >= 0.6 is 15.9 Å². The summed E-state index contributed by atoms with van der Waals surface area (Å²) in [5, 5.41) is 0. The predicted octanol–water partition coefficient (Wildman–Crippen LogP) is 4.93. The van der Waals surface area contributed by atoms with Crippen molar-refractivity contribution in [1.29, 1.82) is 0 Å². The zero-order chi connectivity index (χ0) is 14.8. The van der Waals surface area contributed by atoms with Gasteiger partial charge in [-0.3, -0.25) is 4.79 Å². The Kier molecular flexibility index (Phi) is 4.89. The Bertz CT molecular complexity index is 484. The number of rotatable bonds is 3. The normalized spacial score (nSPS) is 23.6. The van der Waals surface area contributed by atoms with E-state index in [0.717, 1.165) is 10.0 Å². The number of ketones is 1. The van der Waals surface area contributed by atoms with Gasteiger partial charge in [0.05, 0.1) is 5.92 Å². The monoisotopic (exact) mass is 348 g/mol. The zero-order valence-corrected chi connectivity index (χ0v) is 12.5. The molecular weight excluding hydrogens is 333 g/mol. The Morgan fingerprint density at radius 1 is 1.30 bits per heavy atom. The number of alkyl halides is 3. The Hall–Kier alpha value is -0.840. The maximum atomic E-state index is 12.7. The van der Waals surface area contributed by atoms with E-state index >= 15 is 0 Å². The summed E-state index contributed by atoms with van der Waals surface area (Å²) in [6, 6.07) is 7.34. The summed E-state index contributed by atoms with van der Waals surface area (Å²) in [6.45, 7) is 0. The molecule has 110 valence electrons. The van der Waals surface area contributed by atoms with Crippen molar-refractivity contribution in [1.82, 2.24) is 0 Å². The highest BCUT2D eigenvalue weighted by Crippen LogP contribution is 2.40. The van der Waals surface area contributed by atoms with E-state index in [2.05, 4.69) is 15.9 Å². The van der Waals surface area contributed by atoms with Crippen molar-refractivity contribution in [2.75, 3.05) is 0 Å². The van der Waals surface area contributed by atoms with E-state index in [0.29, 0.717) is 12.8 Å². The van der Waals surface area contributed by atoms with Crippen LogP contribution in [0.1, 0.15) is 31.2 Å². The Morgan fingerprint density at radius 2 is 2.05 bits per heavy atom. The van der Waals surface area contributed by atoms with Gasteiger partial charge in [-0.2, -0.15) is 13.2 Å². The summed E-state index contributed by atoms with van der Waals surface area (Å²) in [5.41, 5.74) is 0.846. The lowest BCUT2D eigenvalue weighted by Gasteiger charge is -2.29. The second kappa shape index (κ2) is 6.29. The molecule has 1 fully saturated rings. The van der Waals surface area contributed by atoms with Gasteiger partial charge in [0.2, 0.25) is 0 Å². The highest BCUT2D eigenvalue weighted by Gasteiger charge is 2.43. The third kappa shape index (κ3) is 4.08. The molecule has 1 saturated carbocycles. The van der Waals surface area contributed by atoms with Gasteiger partial charge in [0.1, 0.15) is 5.78 Å². The predicted molar refractivity (Wildman–Crippen MR) is 74.4 cm³/mol. The minimum absolute atomic E-state index is 0.0453. The van der Waals surface area contributed by atoms with E-state index in [-0.39, 0.29) is 25.0 Å². The fourth-order valence-electron chi connectivity index (χ4n) is 2.77. The summed E-state index contributed by atoms with van der Waals surface area (Å²) in [6.07, 6.45) is -2.78. The van der Waals surface area contributed by atoms with Crippen molar-refractivity contribution in [3.8, 4) is 0 Å². The molecule has 0 amide bonds.